The fourth-order valence-corrected chi connectivity index (χ4v) is 4.51. The van der Waals surface area contributed by atoms with Gasteiger partial charge in [-0.25, -0.2) is 8.42 Å². The van der Waals surface area contributed by atoms with Crippen molar-refractivity contribution >= 4 is 32.4 Å². The first-order valence-electron chi connectivity index (χ1n) is 8.41. The van der Waals surface area contributed by atoms with E-state index in [4.69, 9.17) is 0 Å². The van der Waals surface area contributed by atoms with Crippen LogP contribution in [0.3, 0.4) is 0 Å². The van der Waals surface area contributed by atoms with E-state index in [0.29, 0.717) is 19.0 Å². The minimum absolute atomic E-state index is 0.0346. The highest BCUT2D eigenvalue weighted by Crippen LogP contribution is 2.32. The number of nitrogens with zero attached hydrogens (tertiary/aromatic N) is 3. The monoisotopic (exact) mass is 379 g/mol. The van der Waals surface area contributed by atoms with E-state index in [0.717, 1.165) is 12.8 Å². The lowest BCUT2D eigenvalue weighted by atomic mass is 9.99. The van der Waals surface area contributed by atoms with Crippen molar-refractivity contribution in [2.75, 3.05) is 31.8 Å². The summed E-state index contributed by atoms with van der Waals surface area (Å²) in [4.78, 5) is 26.0. The molecule has 0 bridgehead atoms. The molecule has 0 atom stereocenters. The van der Waals surface area contributed by atoms with Crippen LogP contribution in [0, 0.1) is 5.92 Å². The number of benzene rings is 1. The molecule has 0 unspecified atom stereocenters. The minimum atomic E-state index is -4.06. The SMILES string of the molecule is COC(=O)CN1N=C(C(=O)N2CCC(C)CC2)S(=O)(=O)c2ccccc21. The second-order valence-corrected chi connectivity index (χ2v) is 8.32. The van der Waals surface area contributed by atoms with Crippen LogP contribution >= 0.6 is 0 Å². The van der Waals surface area contributed by atoms with Crippen LogP contribution in [0.15, 0.2) is 34.3 Å². The molecule has 0 spiro atoms. The molecular weight excluding hydrogens is 358 g/mol. The summed E-state index contributed by atoms with van der Waals surface area (Å²) < 4.78 is 30.5. The number of fused-ring (bicyclic) bond motifs is 1. The molecule has 2 aliphatic rings. The first-order chi connectivity index (χ1) is 12.3. The van der Waals surface area contributed by atoms with Crippen LogP contribution in [0.5, 0.6) is 0 Å². The van der Waals surface area contributed by atoms with E-state index in [9.17, 15) is 18.0 Å². The summed E-state index contributed by atoms with van der Waals surface area (Å²) >= 11 is 0. The molecule has 1 saturated heterocycles. The molecule has 2 heterocycles. The summed E-state index contributed by atoms with van der Waals surface area (Å²) in [6.45, 7) is 2.81. The van der Waals surface area contributed by atoms with Gasteiger partial charge in [-0.05, 0) is 30.9 Å². The summed E-state index contributed by atoms with van der Waals surface area (Å²) in [5, 5.41) is 4.69. The number of ether oxygens (including phenoxy) is 1. The molecule has 1 amide bonds. The number of hydrazone groups is 1. The number of hydrogen-bond donors (Lipinski definition) is 0. The van der Waals surface area contributed by atoms with Crippen LogP contribution in [0.4, 0.5) is 5.69 Å². The molecule has 2 aliphatic heterocycles. The van der Waals surface area contributed by atoms with Crippen LogP contribution in [0.1, 0.15) is 19.8 Å². The van der Waals surface area contributed by atoms with Crippen LogP contribution in [-0.2, 0) is 24.2 Å². The Balaban J connectivity index is 2.00. The van der Waals surface area contributed by atoms with Gasteiger partial charge in [-0.3, -0.25) is 14.6 Å². The van der Waals surface area contributed by atoms with Gasteiger partial charge in [0.2, 0.25) is 14.9 Å². The van der Waals surface area contributed by atoms with Crippen molar-refractivity contribution in [2.24, 2.45) is 11.0 Å². The molecule has 8 nitrogen and oxygen atoms in total. The number of hydrogen-bond acceptors (Lipinski definition) is 7. The van der Waals surface area contributed by atoms with Gasteiger partial charge in [0.05, 0.1) is 17.7 Å². The Morgan fingerprint density at radius 3 is 2.54 bits per heavy atom. The quantitative estimate of drug-likeness (QED) is 0.728. The number of esters is 1. The maximum absolute atomic E-state index is 12.9. The third-order valence-corrected chi connectivity index (χ3v) is 6.35. The summed E-state index contributed by atoms with van der Waals surface area (Å²) in [5.74, 6) is -0.705. The highest BCUT2D eigenvalue weighted by molar-refractivity contribution is 8.08. The molecule has 0 aromatic heterocycles. The molecule has 1 fully saturated rings. The molecule has 26 heavy (non-hydrogen) atoms. The Bertz CT molecular complexity index is 857. The molecule has 9 heteroatoms. The highest BCUT2D eigenvalue weighted by Gasteiger charge is 2.40. The number of anilines is 1. The van der Waals surface area contributed by atoms with E-state index in [1.807, 2.05) is 0 Å². The Kier molecular flexibility index (Phi) is 4.99. The van der Waals surface area contributed by atoms with Crippen LogP contribution in [0.25, 0.3) is 0 Å². The standard InChI is InChI=1S/C17H21N3O5S/c1-12-7-9-19(10-8-12)17(22)16-18-20(11-15(21)25-2)13-5-3-4-6-14(13)26(16,23)24/h3-6,12H,7-11H2,1-2H3. The summed E-state index contributed by atoms with van der Waals surface area (Å²) in [5.41, 5.74) is 0.252. The Hall–Kier alpha value is -2.42. The third-order valence-electron chi connectivity index (χ3n) is 4.66. The fourth-order valence-electron chi connectivity index (χ4n) is 3.03. The number of sulfone groups is 1. The maximum atomic E-state index is 12.9. The highest BCUT2D eigenvalue weighted by atomic mass is 32.2. The van der Waals surface area contributed by atoms with Gasteiger partial charge >= 0.3 is 5.97 Å². The first-order valence-corrected chi connectivity index (χ1v) is 9.89. The molecule has 0 aliphatic carbocycles. The molecule has 0 saturated carbocycles. The molecule has 0 radical (unpaired) electrons. The zero-order chi connectivity index (χ0) is 18.9. The Morgan fingerprint density at radius 1 is 1.23 bits per heavy atom. The van der Waals surface area contributed by atoms with E-state index in [1.165, 1.54) is 23.1 Å². The van der Waals surface area contributed by atoms with Crippen LogP contribution in [-0.4, -0.2) is 57.0 Å². The van der Waals surface area contributed by atoms with Crippen molar-refractivity contribution in [3.63, 3.8) is 0 Å². The number of para-hydroxylation sites is 1. The number of carbonyl (C=O) groups is 2. The molecule has 1 aromatic rings. The number of methoxy groups -OCH3 is 1. The van der Waals surface area contributed by atoms with Crippen molar-refractivity contribution in [1.82, 2.24) is 4.90 Å². The van der Waals surface area contributed by atoms with E-state index in [2.05, 4.69) is 16.8 Å². The number of likely N-dealkylation sites (tertiary alicyclic amines) is 1. The second kappa shape index (κ2) is 7.06. The van der Waals surface area contributed by atoms with Gasteiger partial charge in [0.25, 0.3) is 5.91 Å². The topological polar surface area (TPSA) is 96.3 Å². The average Bonchev–Trinajstić information content (AvgIpc) is 2.64. The number of rotatable bonds is 3. The normalized spacial score (nSPS) is 19.5. The van der Waals surface area contributed by atoms with Gasteiger partial charge < -0.3 is 9.64 Å². The zero-order valence-corrected chi connectivity index (χ0v) is 15.5. The largest absolute Gasteiger partial charge is 0.468 e. The third kappa shape index (κ3) is 3.31. The first kappa shape index (κ1) is 18.4. The van der Waals surface area contributed by atoms with E-state index < -0.39 is 26.8 Å². The number of piperidine rings is 1. The van der Waals surface area contributed by atoms with E-state index >= 15 is 0 Å². The van der Waals surface area contributed by atoms with Crippen molar-refractivity contribution < 1.29 is 22.7 Å². The van der Waals surface area contributed by atoms with Gasteiger partial charge in [0.1, 0.15) is 6.54 Å². The molecule has 3 rings (SSSR count). The van der Waals surface area contributed by atoms with Crippen molar-refractivity contribution in [3.05, 3.63) is 24.3 Å². The van der Waals surface area contributed by atoms with Gasteiger partial charge in [-0.1, -0.05) is 19.1 Å². The summed E-state index contributed by atoms with van der Waals surface area (Å²) in [6.07, 6.45) is 1.64. The van der Waals surface area contributed by atoms with Gasteiger partial charge in [0.15, 0.2) is 0 Å². The molecule has 1 aromatic carbocycles. The van der Waals surface area contributed by atoms with Crippen LogP contribution in [0.2, 0.25) is 0 Å². The van der Waals surface area contributed by atoms with E-state index in [1.54, 1.807) is 18.2 Å². The number of carbonyl (C=O) groups excluding carboxylic acids is 2. The predicted octanol–water partition coefficient (Wildman–Crippen LogP) is 1.03. The molecular formula is C17H21N3O5S. The van der Waals surface area contributed by atoms with Crippen LogP contribution < -0.4 is 5.01 Å². The lowest BCUT2D eigenvalue weighted by Crippen LogP contribution is -2.46. The predicted molar refractivity (Wildman–Crippen MR) is 95.4 cm³/mol. The van der Waals surface area contributed by atoms with E-state index in [-0.39, 0.29) is 17.1 Å². The fraction of sp³-hybridized carbons (Fsp3) is 0.471. The smallest absolute Gasteiger partial charge is 0.327 e. The van der Waals surface area contributed by atoms with Gasteiger partial charge in [0, 0.05) is 13.1 Å². The van der Waals surface area contributed by atoms with Crippen molar-refractivity contribution in [2.45, 2.75) is 24.7 Å². The van der Waals surface area contributed by atoms with Gasteiger partial charge in [-0.15, -0.1) is 0 Å². The van der Waals surface area contributed by atoms with Crippen molar-refractivity contribution in [3.8, 4) is 0 Å². The Labute approximate surface area is 152 Å². The summed E-state index contributed by atoms with van der Waals surface area (Å²) in [7, 11) is -2.82. The molecule has 140 valence electrons. The second-order valence-electron chi connectivity index (χ2n) is 6.48. The minimum Gasteiger partial charge on any atom is -0.468 e. The average molecular weight is 379 g/mol. The number of amides is 1. The lowest BCUT2D eigenvalue weighted by Gasteiger charge is -2.32. The lowest BCUT2D eigenvalue weighted by molar-refractivity contribution is -0.139. The van der Waals surface area contributed by atoms with Gasteiger partial charge in [-0.2, -0.15) is 5.10 Å². The van der Waals surface area contributed by atoms with Crippen molar-refractivity contribution in [1.29, 1.82) is 0 Å². The summed E-state index contributed by atoms with van der Waals surface area (Å²) in [6, 6.07) is 6.17. The molecule has 0 N–H and O–H groups in total. The zero-order valence-electron chi connectivity index (χ0n) is 14.7. The maximum Gasteiger partial charge on any atom is 0.327 e. The Morgan fingerprint density at radius 2 is 1.88 bits per heavy atom.